The van der Waals surface area contributed by atoms with Crippen molar-refractivity contribution in [1.82, 2.24) is 5.32 Å². The van der Waals surface area contributed by atoms with Crippen molar-refractivity contribution in [3.8, 4) is 5.75 Å². The fraction of sp³-hybridized carbons (Fsp3) is 0.231. The smallest absolute Gasteiger partial charge is 0.305 e. The number of thioether (sulfide) groups is 1. The standard InChI is InChI=1S/C13H12IN3O4S/c1-6-2-9(18)7(3-8(6)14)5-15-17-13-16-12(21)10(22-13)4-11(19)20/h2-3,5,10,18H,4H2,1H3,(H,19,20)(H,16,17,21). The van der Waals surface area contributed by atoms with Crippen molar-refractivity contribution >= 4 is 57.6 Å². The van der Waals surface area contributed by atoms with E-state index in [0.717, 1.165) is 20.9 Å². The SMILES string of the molecule is Cc1cc(O)c(C=NN=C2NC(=O)C(CC(=O)O)S2)cc1I. The Kier molecular flexibility index (Phi) is 5.40. The van der Waals surface area contributed by atoms with Crippen LogP contribution in [0, 0.1) is 10.5 Å². The van der Waals surface area contributed by atoms with E-state index in [2.05, 4.69) is 38.1 Å². The summed E-state index contributed by atoms with van der Waals surface area (Å²) in [4.78, 5) is 22.1. The van der Waals surface area contributed by atoms with Gasteiger partial charge < -0.3 is 15.5 Å². The molecule has 1 fully saturated rings. The van der Waals surface area contributed by atoms with Gasteiger partial charge >= 0.3 is 5.97 Å². The van der Waals surface area contributed by atoms with Gasteiger partial charge in [0.15, 0.2) is 5.17 Å². The molecule has 0 radical (unpaired) electrons. The lowest BCUT2D eigenvalue weighted by molar-refractivity contribution is -0.138. The average Bonchev–Trinajstić information content (AvgIpc) is 2.75. The number of halogens is 1. The molecule has 1 aliphatic heterocycles. The summed E-state index contributed by atoms with van der Waals surface area (Å²) in [6.07, 6.45) is 1.11. The Hall–Kier alpha value is -1.62. The molecule has 1 aromatic rings. The van der Waals surface area contributed by atoms with E-state index in [-0.39, 0.29) is 17.3 Å². The summed E-state index contributed by atoms with van der Waals surface area (Å²) >= 11 is 3.17. The molecule has 2 rings (SSSR count). The van der Waals surface area contributed by atoms with Crippen molar-refractivity contribution in [3.63, 3.8) is 0 Å². The minimum absolute atomic E-state index is 0.0914. The van der Waals surface area contributed by atoms with Gasteiger partial charge in [-0.3, -0.25) is 9.59 Å². The lowest BCUT2D eigenvalue weighted by Crippen LogP contribution is -2.26. The van der Waals surface area contributed by atoms with E-state index in [1.165, 1.54) is 6.21 Å². The first-order valence-electron chi connectivity index (χ1n) is 6.16. The maximum Gasteiger partial charge on any atom is 0.305 e. The quantitative estimate of drug-likeness (QED) is 0.380. The van der Waals surface area contributed by atoms with Crippen molar-refractivity contribution in [3.05, 3.63) is 26.8 Å². The average molecular weight is 433 g/mol. The number of aryl methyl sites for hydroxylation is 1. The molecule has 1 atom stereocenters. The first kappa shape index (κ1) is 16.7. The molecule has 1 saturated heterocycles. The first-order chi connectivity index (χ1) is 10.4. The highest BCUT2D eigenvalue weighted by atomic mass is 127. The van der Waals surface area contributed by atoms with E-state index in [9.17, 15) is 14.7 Å². The van der Waals surface area contributed by atoms with Crippen LogP contribution in [0.25, 0.3) is 0 Å². The molecule has 0 saturated carbocycles. The number of hydrogen-bond acceptors (Lipinski definition) is 6. The van der Waals surface area contributed by atoms with Crippen LogP contribution in [0.15, 0.2) is 22.3 Å². The Labute approximate surface area is 144 Å². The Morgan fingerprint density at radius 2 is 2.27 bits per heavy atom. The molecule has 0 bridgehead atoms. The van der Waals surface area contributed by atoms with Gasteiger partial charge in [0.1, 0.15) is 11.0 Å². The van der Waals surface area contributed by atoms with Gasteiger partial charge in [0.25, 0.3) is 0 Å². The van der Waals surface area contributed by atoms with Gasteiger partial charge in [0.05, 0.1) is 12.6 Å². The number of nitrogens with zero attached hydrogens (tertiary/aromatic N) is 2. The molecule has 9 heteroatoms. The van der Waals surface area contributed by atoms with Crippen LogP contribution in [0.2, 0.25) is 0 Å². The molecule has 1 aromatic carbocycles. The van der Waals surface area contributed by atoms with Gasteiger partial charge in [0, 0.05) is 9.13 Å². The zero-order valence-corrected chi connectivity index (χ0v) is 14.4. The topological polar surface area (TPSA) is 111 Å². The summed E-state index contributed by atoms with van der Waals surface area (Å²) in [5.41, 5.74) is 1.47. The first-order valence-corrected chi connectivity index (χ1v) is 8.12. The second-order valence-electron chi connectivity index (χ2n) is 4.50. The molecule has 1 amide bonds. The molecule has 3 N–H and O–H groups in total. The Morgan fingerprint density at radius 3 is 2.95 bits per heavy atom. The zero-order chi connectivity index (χ0) is 16.3. The van der Waals surface area contributed by atoms with Gasteiger partial charge in [-0.15, -0.1) is 5.10 Å². The fourth-order valence-corrected chi connectivity index (χ4v) is 3.08. The Balaban J connectivity index is 2.08. The van der Waals surface area contributed by atoms with Crippen LogP contribution in [0.4, 0.5) is 0 Å². The van der Waals surface area contributed by atoms with Crippen LogP contribution in [0.5, 0.6) is 5.75 Å². The number of rotatable bonds is 4. The number of carbonyl (C=O) groups is 2. The van der Waals surface area contributed by atoms with Crippen LogP contribution >= 0.6 is 34.4 Å². The number of carboxylic acid groups (broad SMARTS) is 1. The van der Waals surface area contributed by atoms with E-state index in [1.807, 2.05) is 6.92 Å². The predicted molar refractivity (Wildman–Crippen MR) is 92.4 cm³/mol. The molecule has 1 heterocycles. The van der Waals surface area contributed by atoms with E-state index in [4.69, 9.17) is 5.11 Å². The van der Waals surface area contributed by atoms with Gasteiger partial charge in [-0.25, -0.2) is 0 Å². The molecule has 0 aliphatic carbocycles. The lowest BCUT2D eigenvalue weighted by Gasteiger charge is -2.02. The van der Waals surface area contributed by atoms with E-state index < -0.39 is 17.1 Å². The van der Waals surface area contributed by atoms with E-state index >= 15 is 0 Å². The number of hydrogen-bond donors (Lipinski definition) is 3. The fourth-order valence-electron chi connectivity index (χ4n) is 1.67. The molecular formula is C13H12IN3O4S. The van der Waals surface area contributed by atoms with Crippen LogP contribution in [-0.4, -0.2) is 38.7 Å². The van der Waals surface area contributed by atoms with Gasteiger partial charge in [-0.05, 0) is 47.2 Å². The number of aliphatic carboxylic acids is 1. The Morgan fingerprint density at radius 1 is 1.55 bits per heavy atom. The Bertz CT molecular complexity index is 690. The van der Waals surface area contributed by atoms with Crippen molar-refractivity contribution < 1.29 is 19.8 Å². The van der Waals surface area contributed by atoms with Crippen LogP contribution in [0.3, 0.4) is 0 Å². The van der Waals surface area contributed by atoms with Crippen molar-refractivity contribution in [2.24, 2.45) is 10.2 Å². The monoisotopic (exact) mass is 433 g/mol. The minimum Gasteiger partial charge on any atom is -0.507 e. The van der Waals surface area contributed by atoms with Crippen molar-refractivity contribution in [2.75, 3.05) is 0 Å². The summed E-state index contributed by atoms with van der Waals surface area (Å²) in [6, 6.07) is 3.40. The molecule has 1 unspecified atom stereocenters. The van der Waals surface area contributed by atoms with Gasteiger partial charge in [-0.1, -0.05) is 11.8 Å². The summed E-state index contributed by atoms with van der Waals surface area (Å²) in [6.45, 7) is 1.88. The second kappa shape index (κ2) is 7.09. The summed E-state index contributed by atoms with van der Waals surface area (Å²) < 4.78 is 0.981. The van der Waals surface area contributed by atoms with Crippen LogP contribution in [0.1, 0.15) is 17.5 Å². The third-order valence-electron chi connectivity index (χ3n) is 2.79. The van der Waals surface area contributed by atoms with Gasteiger partial charge in [-0.2, -0.15) is 5.10 Å². The summed E-state index contributed by atoms with van der Waals surface area (Å²) in [7, 11) is 0. The van der Waals surface area contributed by atoms with E-state index in [0.29, 0.717) is 5.56 Å². The van der Waals surface area contributed by atoms with Gasteiger partial charge in [0.2, 0.25) is 5.91 Å². The highest BCUT2D eigenvalue weighted by molar-refractivity contribution is 14.1. The van der Waals surface area contributed by atoms with E-state index in [1.54, 1.807) is 12.1 Å². The summed E-state index contributed by atoms with van der Waals surface area (Å²) in [5, 5.41) is 28.2. The van der Waals surface area contributed by atoms with Crippen molar-refractivity contribution in [1.29, 1.82) is 0 Å². The maximum atomic E-state index is 11.5. The molecule has 7 nitrogen and oxygen atoms in total. The molecule has 1 aliphatic rings. The predicted octanol–water partition coefficient (Wildman–Crippen LogP) is 1.70. The van der Waals surface area contributed by atoms with Crippen LogP contribution in [-0.2, 0) is 9.59 Å². The third-order valence-corrected chi connectivity index (χ3v) is 5.02. The number of amides is 1. The normalized spacial score (nSPS) is 19.8. The largest absolute Gasteiger partial charge is 0.507 e. The number of carbonyl (C=O) groups excluding carboxylic acids is 1. The molecule has 0 spiro atoms. The number of nitrogens with one attached hydrogen (secondary N) is 1. The molecule has 0 aromatic heterocycles. The highest BCUT2D eigenvalue weighted by Crippen LogP contribution is 2.23. The molecular weight excluding hydrogens is 421 g/mol. The number of aromatic hydroxyl groups is 1. The van der Waals surface area contributed by atoms with Crippen molar-refractivity contribution in [2.45, 2.75) is 18.6 Å². The lowest BCUT2D eigenvalue weighted by atomic mass is 10.1. The number of phenolic OH excluding ortho intramolecular Hbond substituents is 1. The number of phenols is 1. The molecule has 116 valence electrons. The molecule has 22 heavy (non-hydrogen) atoms. The number of benzene rings is 1. The second-order valence-corrected chi connectivity index (χ2v) is 6.86. The maximum absolute atomic E-state index is 11.5. The summed E-state index contributed by atoms with van der Waals surface area (Å²) in [5.74, 6) is -1.35. The minimum atomic E-state index is -1.04. The zero-order valence-electron chi connectivity index (χ0n) is 11.4. The highest BCUT2D eigenvalue weighted by Gasteiger charge is 2.32. The number of carboxylic acids is 1. The third kappa shape index (κ3) is 4.19. The number of amidine groups is 1. The van der Waals surface area contributed by atoms with Crippen LogP contribution < -0.4 is 5.32 Å².